The lowest BCUT2D eigenvalue weighted by Gasteiger charge is -2.09. The molecule has 22 heavy (non-hydrogen) atoms. The first-order valence-corrected chi connectivity index (χ1v) is 7.25. The molecule has 106 valence electrons. The zero-order chi connectivity index (χ0) is 15.1. The van der Waals surface area contributed by atoms with Gasteiger partial charge in [-0.2, -0.15) is 0 Å². The summed E-state index contributed by atoms with van der Waals surface area (Å²) in [4.78, 5) is 11.6. The van der Waals surface area contributed by atoms with Crippen LogP contribution in [0.4, 0.5) is 0 Å². The lowest BCUT2D eigenvalue weighted by atomic mass is 10.0. The summed E-state index contributed by atoms with van der Waals surface area (Å²) in [5.41, 5.74) is 3.78. The Labute approximate surface area is 128 Å². The van der Waals surface area contributed by atoms with E-state index in [1.165, 1.54) is 0 Å². The van der Waals surface area contributed by atoms with Crippen molar-refractivity contribution in [3.63, 3.8) is 0 Å². The average Bonchev–Trinajstić information content (AvgIpc) is 2.89. The number of hydrogen-bond donors (Lipinski definition) is 0. The van der Waals surface area contributed by atoms with Crippen LogP contribution >= 0.6 is 0 Å². The Kier molecular flexibility index (Phi) is 2.83. The van der Waals surface area contributed by atoms with Gasteiger partial charge in [0, 0.05) is 11.1 Å². The molecule has 1 heterocycles. The zero-order valence-electron chi connectivity index (χ0n) is 12.2. The Morgan fingerprint density at radius 3 is 2.32 bits per heavy atom. The lowest BCUT2D eigenvalue weighted by Crippen LogP contribution is -1.88. The first kappa shape index (κ1) is 12.8. The van der Waals surface area contributed by atoms with Crippen molar-refractivity contribution in [1.29, 1.82) is 0 Å². The molecule has 2 heteroatoms. The van der Waals surface area contributed by atoms with Crippen molar-refractivity contribution >= 4 is 17.1 Å². The van der Waals surface area contributed by atoms with Crippen LogP contribution in [-0.4, -0.2) is 6.29 Å². The van der Waals surface area contributed by atoms with E-state index in [0.29, 0.717) is 11.3 Å². The lowest BCUT2D eigenvalue weighted by molar-refractivity contribution is 0.112. The number of benzene rings is 2. The second kappa shape index (κ2) is 4.85. The van der Waals surface area contributed by atoms with E-state index >= 15 is 0 Å². The van der Waals surface area contributed by atoms with E-state index in [1.54, 1.807) is 0 Å². The van der Waals surface area contributed by atoms with Crippen LogP contribution in [0.1, 0.15) is 15.9 Å². The molecule has 2 aromatic carbocycles. The summed E-state index contributed by atoms with van der Waals surface area (Å²) in [6, 6.07) is 19.9. The Bertz CT molecular complexity index is 948. The fraction of sp³-hybridized carbons (Fsp3) is 0.0500. The van der Waals surface area contributed by atoms with E-state index < -0.39 is 0 Å². The molecule has 0 N–H and O–H groups in total. The molecule has 4 rings (SSSR count). The highest BCUT2D eigenvalue weighted by Crippen LogP contribution is 2.42. The van der Waals surface area contributed by atoms with Crippen LogP contribution in [0.5, 0.6) is 0 Å². The highest BCUT2D eigenvalue weighted by atomic mass is 16.3. The van der Waals surface area contributed by atoms with Crippen LogP contribution in [0.15, 0.2) is 65.1 Å². The van der Waals surface area contributed by atoms with Gasteiger partial charge in [-0.25, -0.2) is 0 Å². The van der Waals surface area contributed by atoms with Gasteiger partial charge in [-0.1, -0.05) is 54.6 Å². The van der Waals surface area contributed by atoms with Gasteiger partial charge < -0.3 is 4.42 Å². The second-order valence-corrected chi connectivity index (χ2v) is 5.44. The predicted molar refractivity (Wildman–Crippen MR) is 88.4 cm³/mol. The number of rotatable bonds is 2. The van der Waals surface area contributed by atoms with Crippen molar-refractivity contribution in [2.75, 3.05) is 0 Å². The standard InChI is InChI=1S/C20H14O2/c1-13-11-18(14-7-3-2-4-8-14)22-20-17(12-21)15-9-5-6-10-16(15)19(13)20/h2-12H,1H3. The Morgan fingerprint density at radius 1 is 0.909 bits per heavy atom. The van der Waals surface area contributed by atoms with E-state index in [9.17, 15) is 4.79 Å². The number of aryl methyl sites for hydroxylation is 1. The van der Waals surface area contributed by atoms with Gasteiger partial charge in [0.1, 0.15) is 11.5 Å². The maximum absolute atomic E-state index is 11.6. The third-order valence-corrected chi connectivity index (χ3v) is 4.09. The molecule has 0 saturated heterocycles. The molecule has 0 unspecified atom stereocenters. The van der Waals surface area contributed by atoms with Gasteiger partial charge in [0.25, 0.3) is 0 Å². The number of aldehydes is 1. The fourth-order valence-electron chi connectivity index (χ4n) is 3.08. The van der Waals surface area contributed by atoms with Crippen LogP contribution in [0.2, 0.25) is 0 Å². The van der Waals surface area contributed by atoms with Crippen molar-refractivity contribution in [3.8, 4) is 22.6 Å². The zero-order valence-corrected chi connectivity index (χ0v) is 12.2. The summed E-state index contributed by atoms with van der Waals surface area (Å²) in [5.74, 6) is 1.46. The quantitative estimate of drug-likeness (QED) is 0.466. The highest BCUT2D eigenvalue weighted by molar-refractivity contribution is 6.13. The first-order valence-electron chi connectivity index (χ1n) is 7.25. The first-order chi connectivity index (χ1) is 10.8. The van der Waals surface area contributed by atoms with Crippen LogP contribution < -0.4 is 0 Å². The van der Waals surface area contributed by atoms with Crippen molar-refractivity contribution in [2.24, 2.45) is 0 Å². The molecule has 0 atom stereocenters. The largest absolute Gasteiger partial charge is 0.455 e. The summed E-state index contributed by atoms with van der Waals surface area (Å²) < 4.78 is 6.10. The van der Waals surface area contributed by atoms with Gasteiger partial charge in [0.05, 0.1) is 5.56 Å². The predicted octanol–water partition coefficient (Wildman–Crippen LogP) is 5.33. The molecule has 0 amide bonds. The minimum atomic E-state index is 0.631. The van der Waals surface area contributed by atoms with Crippen molar-refractivity contribution in [3.05, 3.63) is 71.8 Å². The third kappa shape index (κ3) is 1.77. The van der Waals surface area contributed by atoms with Crippen molar-refractivity contribution < 1.29 is 9.21 Å². The number of carbonyl (C=O) groups excluding carboxylic acids is 1. The minimum absolute atomic E-state index is 0.631. The van der Waals surface area contributed by atoms with E-state index in [0.717, 1.165) is 39.5 Å². The molecule has 0 bridgehead atoms. The summed E-state index contributed by atoms with van der Waals surface area (Å²) in [6.45, 7) is 2.06. The Morgan fingerprint density at radius 2 is 1.59 bits per heavy atom. The maximum Gasteiger partial charge on any atom is 0.154 e. The molecule has 1 aliphatic heterocycles. The molecule has 0 radical (unpaired) electrons. The smallest absolute Gasteiger partial charge is 0.154 e. The molecule has 2 aromatic rings. The Hall–Kier alpha value is -2.87. The van der Waals surface area contributed by atoms with E-state index in [-0.39, 0.29) is 0 Å². The second-order valence-electron chi connectivity index (χ2n) is 5.44. The maximum atomic E-state index is 11.6. The number of carbonyl (C=O) groups is 1. The van der Waals surface area contributed by atoms with Gasteiger partial charge in [-0.3, -0.25) is 4.79 Å². The van der Waals surface area contributed by atoms with Crippen molar-refractivity contribution in [1.82, 2.24) is 0 Å². The number of hydrogen-bond acceptors (Lipinski definition) is 2. The Balaban J connectivity index is 2.11. The van der Waals surface area contributed by atoms with Gasteiger partial charge >= 0.3 is 0 Å². The van der Waals surface area contributed by atoms with E-state index in [1.807, 2.05) is 60.7 Å². The molecular weight excluding hydrogens is 272 g/mol. The van der Waals surface area contributed by atoms with Crippen molar-refractivity contribution in [2.45, 2.75) is 6.92 Å². The molecule has 2 aliphatic rings. The summed E-state index contributed by atoms with van der Waals surface area (Å²) in [5, 5.41) is 2.02. The normalized spacial score (nSPS) is 11.1. The molecule has 0 spiro atoms. The SMILES string of the molecule is Cc1cc(-c2ccccc2)oc2c(C=O)c3ccccc3c1-2. The molecule has 1 aliphatic carbocycles. The summed E-state index contributed by atoms with van der Waals surface area (Å²) >= 11 is 0. The topological polar surface area (TPSA) is 30.2 Å². The van der Waals surface area contributed by atoms with Gasteiger partial charge in [0.2, 0.25) is 0 Å². The summed E-state index contributed by atoms with van der Waals surface area (Å²) in [6.07, 6.45) is 0.891. The monoisotopic (exact) mass is 286 g/mol. The van der Waals surface area contributed by atoms with Gasteiger partial charge in [-0.05, 0) is 29.3 Å². The van der Waals surface area contributed by atoms with Gasteiger partial charge in [0.15, 0.2) is 6.29 Å². The molecule has 2 nitrogen and oxygen atoms in total. The summed E-state index contributed by atoms with van der Waals surface area (Å²) in [7, 11) is 0. The average molecular weight is 286 g/mol. The van der Waals surface area contributed by atoms with E-state index in [2.05, 4.69) is 6.92 Å². The molecular formula is C20H14O2. The third-order valence-electron chi connectivity index (χ3n) is 4.09. The highest BCUT2D eigenvalue weighted by Gasteiger charge is 2.22. The van der Waals surface area contributed by atoms with Gasteiger partial charge in [-0.15, -0.1) is 0 Å². The molecule has 0 fully saturated rings. The van der Waals surface area contributed by atoms with Crippen LogP contribution in [0, 0.1) is 6.92 Å². The van der Waals surface area contributed by atoms with Crippen LogP contribution in [0.25, 0.3) is 33.4 Å². The van der Waals surface area contributed by atoms with Crippen LogP contribution in [0.3, 0.4) is 0 Å². The van der Waals surface area contributed by atoms with Crippen LogP contribution in [-0.2, 0) is 0 Å². The van der Waals surface area contributed by atoms with E-state index in [4.69, 9.17) is 4.42 Å². The fourth-order valence-corrected chi connectivity index (χ4v) is 3.08. The molecule has 0 aromatic heterocycles. The minimum Gasteiger partial charge on any atom is -0.455 e. The number of fused-ring (bicyclic) bond motifs is 3. The molecule has 0 saturated carbocycles.